The second-order valence-electron chi connectivity index (χ2n) is 4.61. The minimum Gasteiger partial charge on any atom is -0.322 e. The van der Waals surface area contributed by atoms with Gasteiger partial charge >= 0.3 is 0 Å². The van der Waals surface area contributed by atoms with E-state index in [2.05, 4.69) is 15.2 Å². The molecule has 0 unspecified atom stereocenters. The quantitative estimate of drug-likeness (QED) is 0.757. The van der Waals surface area contributed by atoms with Crippen molar-refractivity contribution in [2.45, 2.75) is 13.0 Å². The molecule has 1 atom stereocenters. The summed E-state index contributed by atoms with van der Waals surface area (Å²) in [7, 11) is 0. The zero-order valence-corrected chi connectivity index (χ0v) is 11.7. The van der Waals surface area contributed by atoms with Crippen molar-refractivity contribution < 1.29 is 4.39 Å². The highest BCUT2D eigenvalue weighted by Gasteiger charge is 2.19. The number of aromatic nitrogens is 4. The number of hydrogen-bond acceptors (Lipinski definition) is 4. The van der Waals surface area contributed by atoms with E-state index in [0.29, 0.717) is 17.0 Å². The topological polar surface area (TPSA) is 89.6 Å². The maximum Gasteiger partial charge on any atom is 0.267 e. The number of fused-ring (bicyclic) bond motifs is 1. The van der Waals surface area contributed by atoms with E-state index in [9.17, 15) is 9.18 Å². The molecule has 8 heteroatoms. The molecule has 1 aromatic carbocycles. The Morgan fingerprint density at radius 3 is 2.86 bits per heavy atom. The molecular formula is C13H11ClFN5O. The van der Waals surface area contributed by atoms with Crippen molar-refractivity contribution in [1.29, 1.82) is 0 Å². The molecule has 0 amide bonds. The van der Waals surface area contributed by atoms with E-state index in [1.54, 1.807) is 6.92 Å². The van der Waals surface area contributed by atoms with Gasteiger partial charge in [0.2, 0.25) is 0 Å². The van der Waals surface area contributed by atoms with Crippen molar-refractivity contribution in [2.75, 3.05) is 0 Å². The van der Waals surface area contributed by atoms with Crippen LogP contribution in [0.25, 0.3) is 16.6 Å². The minimum absolute atomic E-state index is 0.0160. The van der Waals surface area contributed by atoms with Crippen LogP contribution in [0.5, 0.6) is 0 Å². The van der Waals surface area contributed by atoms with E-state index < -0.39 is 17.4 Å². The van der Waals surface area contributed by atoms with Crippen LogP contribution in [-0.4, -0.2) is 19.7 Å². The Bertz CT molecular complexity index is 872. The molecule has 0 aliphatic carbocycles. The third-order valence-electron chi connectivity index (χ3n) is 3.10. The normalized spacial score (nSPS) is 12.8. The van der Waals surface area contributed by atoms with Crippen LogP contribution in [0.2, 0.25) is 5.02 Å². The minimum atomic E-state index is -0.671. The molecule has 0 aliphatic rings. The highest BCUT2D eigenvalue weighted by Crippen LogP contribution is 2.24. The Labute approximate surface area is 123 Å². The predicted octanol–water partition coefficient (Wildman–Crippen LogP) is 1.92. The molecule has 0 radical (unpaired) electrons. The van der Waals surface area contributed by atoms with E-state index in [0.717, 1.165) is 0 Å². The fourth-order valence-corrected chi connectivity index (χ4v) is 2.39. The first-order chi connectivity index (χ1) is 10.0. The van der Waals surface area contributed by atoms with Gasteiger partial charge in [0, 0.05) is 6.20 Å². The van der Waals surface area contributed by atoms with Crippen LogP contribution in [-0.2, 0) is 0 Å². The molecule has 2 aromatic heterocycles. The molecule has 3 rings (SSSR count). The summed E-state index contributed by atoms with van der Waals surface area (Å²) in [6, 6.07) is 2.08. The molecule has 108 valence electrons. The third-order valence-corrected chi connectivity index (χ3v) is 3.47. The lowest BCUT2D eigenvalue weighted by atomic mass is 10.2. The lowest BCUT2D eigenvalue weighted by molar-refractivity contribution is 0.629. The fraction of sp³-hybridized carbons (Fsp3) is 0.154. The molecule has 21 heavy (non-hydrogen) atoms. The average Bonchev–Trinajstić information content (AvgIpc) is 2.96. The number of benzene rings is 1. The Morgan fingerprint density at radius 2 is 2.24 bits per heavy atom. The Hall–Kier alpha value is -2.25. The summed E-state index contributed by atoms with van der Waals surface area (Å²) in [5, 5.41) is 6.17. The van der Waals surface area contributed by atoms with E-state index in [-0.39, 0.29) is 10.4 Å². The van der Waals surface area contributed by atoms with Crippen molar-refractivity contribution in [3.05, 3.63) is 51.5 Å². The van der Waals surface area contributed by atoms with Gasteiger partial charge in [-0.1, -0.05) is 11.6 Å². The van der Waals surface area contributed by atoms with Crippen LogP contribution in [0.4, 0.5) is 4.39 Å². The van der Waals surface area contributed by atoms with Crippen LogP contribution in [0.1, 0.15) is 18.8 Å². The highest BCUT2D eigenvalue weighted by atomic mass is 35.5. The van der Waals surface area contributed by atoms with Crippen molar-refractivity contribution in [3.8, 4) is 5.69 Å². The van der Waals surface area contributed by atoms with Gasteiger partial charge in [0.15, 0.2) is 0 Å². The summed E-state index contributed by atoms with van der Waals surface area (Å²) < 4.78 is 14.9. The van der Waals surface area contributed by atoms with E-state index >= 15 is 0 Å². The van der Waals surface area contributed by atoms with Crippen molar-refractivity contribution in [3.63, 3.8) is 0 Å². The molecule has 0 bridgehead atoms. The third kappa shape index (κ3) is 2.10. The number of rotatable bonds is 2. The van der Waals surface area contributed by atoms with Crippen LogP contribution in [0.3, 0.4) is 0 Å². The maximum absolute atomic E-state index is 13.6. The first-order valence-electron chi connectivity index (χ1n) is 6.16. The lowest BCUT2D eigenvalue weighted by Crippen LogP contribution is -2.27. The number of nitrogens with one attached hydrogen (secondary N) is 1. The van der Waals surface area contributed by atoms with Gasteiger partial charge in [-0.05, 0) is 19.1 Å². The Morgan fingerprint density at radius 1 is 1.48 bits per heavy atom. The van der Waals surface area contributed by atoms with Gasteiger partial charge < -0.3 is 5.73 Å². The van der Waals surface area contributed by atoms with E-state index in [1.807, 2.05) is 0 Å². The second-order valence-corrected chi connectivity index (χ2v) is 4.99. The van der Waals surface area contributed by atoms with Crippen LogP contribution in [0, 0.1) is 5.82 Å². The first-order valence-corrected chi connectivity index (χ1v) is 6.54. The molecule has 0 aliphatic heterocycles. The SMILES string of the molecule is C[C@H](N)c1nc2ccc(F)c(Cl)c2c(=O)n1-c1cn[nH]c1. The summed E-state index contributed by atoms with van der Waals surface area (Å²) in [5.74, 6) is -0.327. The summed E-state index contributed by atoms with van der Waals surface area (Å²) in [5.41, 5.74) is 6.17. The molecule has 2 heterocycles. The second kappa shape index (κ2) is 4.94. The van der Waals surface area contributed by atoms with Crippen LogP contribution < -0.4 is 11.3 Å². The number of halogens is 2. The highest BCUT2D eigenvalue weighted by molar-refractivity contribution is 6.35. The number of H-pyrrole nitrogens is 1. The van der Waals surface area contributed by atoms with Gasteiger partial charge in [0.1, 0.15) is 11.6 Å². The maximum atomic E-state index is 13.6. The first kappa shape index (κ1) is 13.7. The molecule has 0 fully saturated rings. The molecule has 0 saturated carbocycles. The molecule has 0 spiro atoms. The van der Waals surface area contributed by atoms with Gasteiger partial charge in [0.05, 0.1) is 33.9 Å². The summed E-state index contributed by atoms with van der Waals surface area (Å²) in [6.45, 7) is 1.70. The Kier molecular flexibility index (Phi) is 3.23. The van der Waals surface area contributed by atoms with Gasteiger partial charge in [-0.3, -0.25) is 14.5 Å². The number of nitrogens with two attached hydrogens (primary N) is 1. The van der Waals surface area contributed by atoms with E-state index in [4.69, 9.17) is 17.3 Å². The van der Waals surface area contributed by atoms with Crippen LogP contribution >= 0.6 is 11.6 Å². The lowest BCUT2D eigenvalue weighted by Gasteiger charge is -2.14. The van der Waals surface area contributed by atoms with Gasteiger partial charge in [0.25, 0.3) is 5.56 Å². The van der Waals surface area contributed by atoms with E-state index in [1.165, 1.54) is 29.1 Å². The zero-order chi connectivity index (χ0) is 15.1. The smallest absolute Gasteiger partial charge is 0.267 e. The monoisotopic (exact) mass is 307 g/mol. The van der Waals surface area contributed by atoms with Crippen molar-refractivity contribution >= 4 is 22.5 Å². The predicted molar refractivity (Wildman–Crippen MR) is 77.1 cm³/mol. The average molecular weight is 308 g/mol. The summed E-state index contributed by atoms with van der Waals surface area (Å²) in [6.07, 6.45) is 2.97. The molecule has 3 aromatic rings. The number of aromatic amines is 1. The van der Waals surface area contributed by atoms with Crippen molar-refractivity contribution in [2.24, 2.45) is 5.73 Å². The fourth-order valence-electron chi connectivity index (χ4n) is 2.15. The van der Waals surface area contributed by atoms with Crippen LogP contribution in [0.15, 0.2) is 29.3 Å². The molecular weight excluding hydrogens is 297 g/mol. The number of nitrogens with zero attached hydrogens (tertiary/aromatic N) is 3. The van der Waals surface area contributed by atoms with Gasteiger partial charge in [-0.2, -0.15) is 5.10 Å². The summed E-state index contributed by atoms with van der Waals surface area (Å²) >= 11 is 5.91. The Balaban J connectivity index is 2.50. The zero-order valence-electron chi connectivity index (χ0n) is 11.0. The molecule has 6 nitrogen and oxygen atoms in total. The van der Waals surface area contributed by atoms with Crippen molar-refractivity contribution in [1.82, 2.24) is 19.7 Å². The number of hydrogen-bond donors (Lipinski definition) is 2. The molecule has 0 saturated heterocycles. The largest absolute Gasteiger partial charge is 0.322 e. The molecule has 3 N–H and O–H groups in total. The standard InChI is InChI=1S/C13H11ClFN5O/c1-6(16)12-19-9-3-2-8(15)11(14)10(9)13(21)20(12)7-4-17-18-5-7/h2-6H,16H2,1H3,(H,17,18)/t6-/m0/s1. The van der Waals surface area contributed by atoms with Gasteiger partial charge in [-0.25, -0.2) is 9.37 Å². The van der Waals surface area contributed by atoms with Gasteiger partial charge in [-0.15, -0.1) is 0 Å². The summed E-state index contributed by atoms with van der Waals surface area (Å²) in [4.78, 5) is 17.0.